The maximum atomic E-state index is 14.4. The summed E-state index contributed by atoms with van der Waals surface area (Å²) >= 11 is 0. The van der Waals surface area contributed by atoms with Crippen LogP contribution in [0.1, 0.15) is 33.7 Å². The SMILES string of the molecule is COCCN1CCCc2ncc(-c3cc(NC(=O)c4ccnc(C(F)(F)F)c4F)ccc3C)cc21. The van der Waals surface area contributed by atoms with Crippen molar-refractivity contribution >= 4 is 17.3 Å². The van der Waals surface area contributed by atoms with Gasteiger partial charge < -0.3 is 15.0 Å². The topological polar surface area (TPSA) is 67.3 Å². The van der Waals surface area contributed by atoms with Gasteiger partial charge in [0.1, 0.15) is 0 Å². The molecule has 1 aliphatic heterocycles. The molecular weight excluding hydrogens is 464 g/mol. The maximum Gasteiger partial charge on any atom is 0.436 e. The minimum atomic E-state index is -5.01. The van der Waals surface area contributed by atoms with Gasteiger partial charge in [0.25, 0.3) is 5.91 Å². The van der Waals surface area contributed by atoms with Crippen molar-refractivity contribution in [3.63, 3.8) is 0 Å². The zero-order valence-corrected chi connectivity index (χ0v) is 19.2. The standard InChI is InChI=1S/C25H24F4N4O2/c1-15-5-6-17(32-24(34)18-7-8-30-23(22(18)26)25(27,28)29)13-19(15)16-12-21-20(31-14-16)4-3-9-33(21)10-11-35-2/h5-8,12-14H,3-4,9-11H2,1-2H3,(H,32,34). The number of carbonyl (C=O) groups excluding carboxylic acids is 1. The molecule has 10 heteroatoms. The number of hydrogen-bond donors (Lipinski definition) is 1. The number of fused-ring (bicyclic) bond motifs is 1. The molecule has 3 aromatic rings. The van der Waals surface area contributed by atoms with E-state index in [1.54, 1.807) is 31.5 Å². The van der Waals surface area contributed by atoms with Crippen LogP contribution in [0.4, 0.5) is 28.9 Å². The number of ether oxygens (including phenoxy) is 1. The minimum absolute atomic E-state index is 0.314. The highest BCUT2D eigenvalue weighted by molar-refractivity contribution is 6.04. The molecule has 0 fully saturated rings. The second-order valence-corrected chi connectivity index (χ2v) is 8.28. The number of aromatic nitrogens is 2. The summed E-state index contributed by atoms with van der Waals surface area (Å²) in [5.74, 6) is -2.71. The number of aryl methyl sites for hydroxylation is 2. The minimum Gasteiger partial charge on any atom is -0.383 e. The molecule has 4 rings (SSSR count). The van der Waals surface area contributed by atoms with Crippen molar-refractivity contribution in [3.05, 3.63) is 71.1 Å². The fourth-order valence-corrected chi connectivity index (χ4v) is 4.11. The van der Waals surface area contributed by atoms with Crippen LogP contribution in [0.2, 0.25) is 0 Å². The van der Waals surface area contributed by atoms with Crippen LogP contribution in [-0.4, -0.2) is 42.7 Å². The van der Waals surface area contributed by atoms with E-state index in [4.69, 9.17) is 4.74 Å². The second kappa shape index (κ2) is 9.99. The second-order valence-electron chi connectivity index (χ2n) is 8.28. The Kier molecular flexibility index (Phi) is 7.02. The highest BCUT2D eigenvalue weighted by Crippen LogP contribution is 2.34. The molecule has 3 heterocycles. The van der Waals surface area contributed by atoms with Gasteiger partial charge in [0, 0.05) is 43.8 Å². The van der Waals surface area contributed by atoms with Gasteiger partial charge in [-0.2, -0.15) is 13.2 Å². The van der Waals surface area contributed by atoms with E-state index in [9.17, 15) is 22.4 Å². The number of hydrogen-bond acceptors (Lipinski definition) is 5. The first-order valence-corrected chi connectivity index (χ1v) is 11.1. The molecule has 0 radical (unpaired) electrons. The van der Waals surface area contributed by atoms with Gasteiger partial charge in [-0.1, -0.05) is 6.07 Å². The molecule has 0 saturated heterocycles. The monoisotopic (exact) mass is 488 g/mol. The maximum absolute atomic E-state index is 14.4. The number of nitrogens with one attached hydrogen (secondary N) is 1. The fourth-order valence-electron chi connectivity index (χ4n) is 4.11. The van der Waals surface area contributed by atoms with E-state index in [1.165, 1.54) is 0 Å². The van der Waals surface area contributed by atoms with Crippen LogP contribution in [0.3, 0.4) is 0 Å². The summed E-state index contributed by atoms with van der Waals surface area (Å²) in [5.41, 5.74) is 2.42. The quantitative estimate of drug-likeness (QED) is 0.480. The average Bonchev–Trinajstić information content (AvgIpc) is 2.83. The summed E-state index contributed by atoms with van der Waals surface area (Å²) in [6, 6.07) is 8.04. The summed E-state index contributed by atoms with van der Waals surface area (Å²) in [7, 11) is 1.66. The lowest BCUT2D eigenvalue weighted by Crippen LogP contribution is -2.32. The van der Waals surface area contributed by atoms with E-state index in [-0.39, 0.29) is 0 Å². The molecule has 1 aliphatic rings. The fraction of sp³-hybridized carbons (Fsp3) is 0.320. The van der Waals surface area contributed by atoms with Crippen LogP contribution in [0.5, 0.6) is 0 Å². The van der Waals surface area contributed by atoms with Gasteiger partial charge in [0.2, 0.25) is 0 Å². The first-order valence-electron chi connectivity index (χ1n) is 11.1. The van der Waals surface area contributed by atoms with Crippen molar-refractivity contribution in [3.8, 4) is 11.1 Å². The zero-order chi connectivity index (χ0) is 25.2. The van der Waals surface area contributed by atoms with E-state index in [2.05, 4.69) is 20.2 Å². The number of anilines is 2. The molecule has 2 aromatic heterocycles. The van der Waals surface area contributed by atoms with Crippen LogP contribution < -0.4 is 10.2 Å². The third-order valence-electron chi connectivity index (χ3n) is 5.90. The Morgan fingerprint density at radius 3 is 2.74 bits per heavy atom. The van der Waals surface area contributed by atoms with Crippen LogP contribution in [-0.2, 0) is 17.3 Å². The van der Waals surface area contributed by atoms with E-state index in [1.807, 2.05) is 13.0 Å². The molecule has 0 bridgehead atoms. The lowest BCUT2D eigenvalue weighted by atomic mass is 9.98. The lowest BCUT2D eigenvalue weighted by Gasteiger charge is -2.31. The molecule has 0 aliphatic carbocycles. The molecule has 1 amide bonds. The largest absolute Gasteiger partial charge is 0.436 e. The number of rotatable bonds is 6. The Bertz CT molecular complexity index is 1250. The Morgan fingerprint density at radius 1 is 1.20 bits per heavy atom. The van der Waals surface area contributed by atoms with Crippen molar-refractivity contribution in [2.24, 2.45) is 0 Å². The summed E-state index contributed by atoms with van der Waals surface area (Å²) in [6.45, 7) is 4.13. The molecule has 0 spiro atoms. The molecule has 0 atom stereocenters. The van der Waals surface area contributed by atoms with Gasteiger partial charge >= 0.3 is 6.18 Å². The van der Waals surface area contributed by atoms with Crippen molar-refractivity contribution < 1.29 is 27.1 Å². The third kappa shape index (κ3) is 5.27. The van der Waals surface area contributed by atoms with Gasteiger partial charge in [-0.05, 0) is 55.2 Å². The van der Waals surface area contributed by atoms with Gasteiger partial charge in [-0.25, -0.2) is 9.37 Å². The molecule has 35 heavy (non-hydrogen) atoms. The van der Waals surface area contributed by atoms with Crippen LogP contribution in [0, 0.1) is 12.7 Å². The molecule has 0 unspecified atom stereocenters. The van der Waals surface area contributed by atoms with Gasteiger partial charge in [-0.15, -0.1) is 0 Å². The first-order chi connectivity index (χ1) is 16.7. The summed E-state index contributed by atoms with van der Waals surface area (Å²) in [6.07, 6.45) is -0.592. The van der Waals surface area contributed by atoms with Crippen molar-refractivity contribution in [1.82, 2.24) is 9.97 Å². The molecule has 1 aromatic carbocycles. The lowest BCUT2D eigenvalue weighted by molar-refractivity contribution is -0.143. The van der Waals surface area contributed by atoms with E-state index in [0.29, 0.717) is 12.3 Å². The van der Waals surface area contributed by atoms with Crippen LogP contribution in [0.25, 0.3) is 11.1 Å². The Balaban J connectivity index is 1.63. The highest BCUT2D eigenvalue weighted by atomic mass is 19.4. The number of carbonyl (C=O) groups is 1. The number of pyridine rings is 2. The van der Waals surface area contributed by atoms with Crippen LogP contribution >= 0.6 is 0 Å². The number of halogens is 4. The van der Waals surface area contributed by atoms with E-state index in [0.717, 1.165) is 66.3 Å². The number of alkyl halides is 3. The number of methoxy groups -OCH3 is 1. The molecule has 6 nitrogen and oxygen atoms in total. The van der Waals surface area contributed by atoms with Gasteiger partial charge in [0.05, 0.1) is 23.6 Å². The zero-order valence-electron chi connectivity index (χ0n) is 19.2. The summed E-state index contributed by atoms with van der Waals surface area (Å²) < 4.78 is 58.5. The normalized spacial score (nSPS) is 13.5. The molecule has 0 saturated carbocycles. The van der Waals surface area contributed by atoms with Gasteiger partial charge in [-0.3, -0.25) is 9.78 Å². The predicted molar refractivity (Wildman–Crippen MR) is 124 cm³/mol. The Labute approximate surface area is 200 Å². The van der Waals surface area contributed by atoms with Crippen molar-refractivity contribution in [2.45, 2.75) is 25.9 Å². The van der Waals surface area contributed by atoms with E-state index < -0.39 is 29.2 Å². The van der Waals surface area contributed by atoms with Gasteiger partial charge in [0.15, 0.2) is 11.5 Å². The number of amides is 1. The number of nitrogens with zero attached hydrogens (tertiary/aromatic N) is 3. The average molecular weight is 488 g/mol. The number of benzene rings is 1. The summed E-state index contributed by atoms with van der Waals surface area (Å²) in [4.78, 5) is 22.5. The third-order valence-corrected chi connectivity index (χ3v) is 5.90. The summed E-state index contributed by atoms with van der Waals surface area (Å²) in [5, 5.41) is 2.49. The van der Waals surface area contributed by atoms with E-state index >= 15 is 0 Å². The molecule has 1 N–H and O–H groups in total. The Morgan fingerprint density at radius 2 is 2.00 bits per heavy atom. The molecule has 184 valence electrons. The van der Waals surface area contributed by atoms with Crippen molar-refractivity contribution in [1.29, 1.82) is 0 Å². The smallest absolute Gasteiger partial charge is 0.383 e. The van der Waals surface area contributed by atoms with Crippen LogP contribution in [0.15, 0.2) is 42.7 Å². The first kappa shape index (κ1) is 24.6. The highest BCUT2D eigenvalue weighted by Gasteiger charge is 2.37. The van der Waals surface area contributed by atoms with Crippen molar-refractivity contribution in [2.75, 3.05) is 37.0 Å². The Hall–Kier alpha value is -3.53. The molecular formula is C25H24F4N4O2. The predicted octanol–water partition coefficient (Wildman–Crippen LogP) is 5.26.